The van der Waals surface area contributed by atoms with Crippen LogP contribution in [0.3, 0.4) is 0 Å². The van der Waals surface area contributed by atoms with Gasteiger partial charge in [0.05, 0.1) is 18.1 Å². The van der Waals surface area contributed by atoms with Crippen LogP contribution in [-0.2, 0) is 15.3 Å². The molecule has 0 saturated carbocycles. The molecule has 0 atom stereocenters. The number of nitrogens with one attached hydrogen (secondary N) is 1. The molecule has 1 rings (SSSR count). The lowest BCUT2D eigenvalue weighted by atomic mass is 10.4. The summed E-state index contributed by atoms with van der Waals surface area (Å²) in [6.45, 7) is 2.21. The molecule has 0 bridgehead atoms. The number of anilines is 1. The summed E-state index contributed by atoms with van der Waals surface area (Å²) in [5.41, 5.74) is 3.35. The van der Waals surface area contributed by atoms with Crippen molar-refractivity contribution in [3.05, 3.63) is 23.9 Å². The Kier molecular flexibility index (Phi) is 5.66. The van der Waals surface area contributed by atoms with Gasteiger partial charge in [-0.25, -0.2) is 10.8 Å². The Hall–Kier alpha value is -1.27. The quantitative estimate of drug-likeness (QED) is 0.442. The number of rotatable bonds is 6. The van der Waals surface area contributed by atoms with Crippen LogP contribution in [0.25, 0.3) is 0 Å². The van der Waals surface area contributed by atoms with Crippen molar-refractivity contribution in [1.29, 1.82) is 0 Å². The van der Waals surface area contributed by atoms with Crippen LogP contribution in [0.5, 0.6) is 0 Å². The van der Waals surface area contributed by atoms with Gasteiger partial charge in [-0.2, -0.15) is 0 Å². The first-order valence-electron chi connectivity index (χ1n) is 4.92. The zero-order valence-corrected chi connectivity index (χ0v) is 9.92. The number of aromatic nitrogens is 1. The molecule has 1 aromatic heterocycles. The third-order valence-electron chi connectivity index (χ3n) is 1.73. The fraction of sp³-hybridized carbons (Fsp3) is 0.400. The number of nitrogens with zero attached hydrogens (tertiary/aromatic N) is 1. The lowest BCUT2D eigenvalue weighted by Crippen LogP contribution is -2.09. The van der Waals surface area contributed by atoms with Crippen molar-refractivity contribution in [2.75, 3.05) is 17.8 Å². The highest BCUT2D eigenvalue weighted by molar-refractivity contribution is 7.99. The monoisotopic (exact) mass is 241 g/mol. The van der Waals surface area contributed by atoms with E-state index in [1.807, 2.05) is 12.1 Å². The number of pyridine rings is 1. The molecule has 0 fully saturated rings. The standard InChI is InChI=1S/C10H15N3O2S/c1-2-15-10(14)7-16-6-8-4-3-5-9(12-8)13-11/h3-5H,2,6-7,11H2,1H3,(H,12,13). The van der Waals surface area contributed by atoms with Gasteiger partial charge in [0.25, 0.3) is 0 Å². The fourth-order valence-corrected chi connectivity index (χ4v) is 1.80. The zero-order valence-electron chi connectivity index (χ0n) is 9.10. The van der Waals surface area contributed by atoms with E-state index in [1.165, 1.54) is 11.8 Å². The molecule has 0 unspecified atom stereocenters. The minimum atomic E-state index is -0.194. The van der Waals surface area contributed by atoms with E-state index in [2.05, 4.69) is 10.4 Å². The van der Waals surface area contributed by atoms with E-state index in [4.69, 9.17) is 10.6 Å². The molecule has 88 valence electrons. The van der Waals surface area contributed by atoms with Gasteiger partial charge in [0.15, 0.2) is 0 Å². The van der Waals surface area contributed by atoms with Crippen molar-refractivity contribution >= 4 is 23.5 Å². The van der Waals surface area contributed by atoms with E-state index in [9.17, 15) is 4.79 Å². The van der Waals surface area contributed by atoms with Crippen LogP contribution in [0.4, 0.5) is 5.82 Å². The van der Waals surface area contributed by atoms with E-state index in [-0.39, 0.29) is 5.97 Å². The Bertz CT molecular complexity index is 347. The number of carbonyl (C=O) groups excluding carboxylic acids is 1. The van der Waals surface area contributed by atoms with Crippen LogP contribution in [0, 0.1) is 0 Å². The predicted molar refractivity (Wildman–Crippen MR) is 64.8 cm³/mol. The molecule has 0 aliphatic heterocycles. The second-order valence-electron chi connectivity index (χ2n) is 2.96. The summed E-state index contributed by atoms with van der Waals surface area (Å²) in [5, 5.41) is 0. The lowest BCUT2D eigenvalue weighted by molar-refractivity contribution is -0.139. The maximum atomic E-state index is 11.1. The van der Waals surface area contributed by atoms with E-state index in [1.54, 1.807) is 13.0 Å². The zero-order chi connectivity index (χ0) is 11.8. The van der Waals surface area contributed by atoms with Gasteiger partial charge in [-0.15, -0.1) is 11.8 Å². The van der Waals surface area contributed by atoms with Gasteiger partial charge in [0, 0.05) is 5.75 Å². The van der Waals surface area contributed by atoms with Crippen LogP contribution < -0.4 is 11.3 Å². The first-order valence-corrected chi connectivity index (χ1v) is 6.07. The van der Waals surface area contributed by atoms with Gasteiger partial charge in [-0.1, -0.05) is 6.07 Å². The molecule has 0 radical (unpaired) electrons. The molecule has 0 aromatic carbocycles. The van der Waals surface area contributed by atoms with Crippen LogP contribution in [-0.4, -0.2) is 23.3 Å². The lowest BCUT2D eigenvalue weighted by Gasteiger charge is -2.03. The summed E-state index contributed by atoms with van der Waals surface area (Å²) in [7, 11) is 0. The molecule has 0 aliphatic carbocycles. The van der Waals surface area contributed by atoms with Crippen LogP contribution >= 0.6 is 11.8 Å². The molecule has 3 N–H and O–H groups in total. The van der Waals surface area contributed by atoms with Crippen molar-refractivity contribution in [2.24, 2.45) is 5.84 Å². The Labute approximate surface area is 98.7 Å². The third-order valence-corrected chi connectivity index (χ3v) is 2.67. The summed E-state index contributed by atoms with van der Waals surface area (Å²) < 4.78 is 4.81. The maximum Gasteiger partial charge on any atom is 0.315 e. The number of nitrogen functional groups attached to an aromatic ring is 1. The second-order valence-corrected chi connectivity index (χ2v) is 3.94. The first-order chi connectivity index (χ1) is 7.76. The minimum absolute atomic E-state index is 0.194. The van der Waals surface area contributed by atoms with Gasteiger partial charge in [-0.3, -0.25) is 4.79 Å². The van der Waals surface area contributed by atoms with E-state index < -0.39 is 0 Å². The average molecular weight is 241 g/mol. The van der Waals surface area contributed by atoms with Crippen LogP contribution in [0.2, 0.25) is 0 Å². The maximum absolute atomic E-state index is 11.1. The molecule has 6 heteroatoms. The number of ether oxygens (including phenoxy) is 1. The van der Waals surface area contributed by atoms with Gasteiger partial charge in [-0.05, 0) is 19.1 Å². The number of hydrogen-bond acceptors (Lipinski definition) is 6. The van der Waals surface area contributed by atoms with Crippen molar-refractivity contribution < 1.29 is 9.53 Å². The Morgan fingerprint density at radius 2 is 2.44 bits per heavy atom. The van der Waals surface area contributed by atoms with Crippen molar-refractivity contribution in [1.82, 2.24) is 4.98 Å². The fourth-order valence-electron chi connectivity index (χ4n) is 1.08. The smallest absolute Gasteiger partial charge is 0.315 e. The molecule has 16 heavy (non-hydrogen) atoms. The predicted octanol–water partition coefficient (Wildman–Crippen LogP) is 1.16. The Balaban J connectivity index is 2.34. The minimum Gasteiger partial charge on any atom is -0.465 e. The molecule has 0 spiro atoms. The Morgan fingerprint density at radius 1 is 1.62 bits per heavy atom. The highest BCUT2D eigenvalue weighted by atomic mass is 32.2. The Morgan fingerprint density at radius 3 is 3.12 bits per heavy atom. The summed E-state index contributed by atoms with van der Waals surface area (Å²) in [4.78, 5) is 15.3. The molecular formula is C10H15N3O2S. The number of hydrazine groups is 1. The summed E-state index contributed by atoms with van der Waals surface area (Å²) >= 11 is 1.47. The normalized spacial score (nSPS) is 9.88. The van der Waals surface area contributed by atoms with E-state index in [0.29, 0.717) is 23.9 Å². The molecule has 1 aromatic rings. The van der Waals surface area contributed by atoms with E-state index >= 15 is 0 Å². The molecule has 1 heterocycles. The second kappa shape index (κ2) is 7.08. The number of thioether (sulfide) groups is 1. The van der Waals surface area contributed by atoms with E-state index in [0.717, 1.165) is 5.69 Å². The van der Waals surface area contributed by atoms with Crippen molar-refractivity contribution in [2.45, 2.75) is 12.7 Å². The summed E-state index contributed by atoms with van der Waals surface area (Å²) in [5.74, 6) is 6.67. The number of esters is 1. The highest BCUT2D eigenvalue weighted by Crippen LogP contribution is 2.12. The molecule has 0 saturated heterocycles. The number of nitrogens with two attached hydrogens (primary N) is 1. The van der Waals surface area contributed by atoms with Crippen molar-refractivity contribution in [3.63, 3.8) is 0 Å². The highest BCUT2D eigenvalue weighted by Gasteiger charge is 2.03. The third kappa shape index (κ3) is 4.50. The topological polar surface area (TPSA) is 77.2 Å². The van der Waals surface area contributed by atoms with Gasteiger partial charge < -0.3 is 10.2 Å². The molecule has 5 nitrogen and oxygen atoms in total. The largest absolute Gasteiger partial charge is 0.465 e. The summed E-state index contributed by atoms with van der Waals surface area (Å²) in [6.07, 6.45) is 0. The van der Waals surface area contributed by atoms with Crippen molar-refractivity contribution in [3.8, 4) is 0 Å². The molecule has 0 aliphatic rings. The van der Waals surface area contributed by atoms with Gasteiger partial charge in [0.1, 0.15) is 5.82 Å². The van der Waals surface area contributed by atoms with Crippen LogP contribution in [0.1, 0.15) is 12.6 Å². The SMILES string of the molecule is CCOC(=O)CSCc1cccc(NN)n1. The van der Waals surface area contributed by atoms with Gasteiger partial charge >= 0.3 is 5.97 Å². The first kappa shape index (κ1) is 12.8. The molecule has 0 amide bonds. The molecular weight excluding hydrogens is 226 g/mol. The average Bonchev–Trinajstić information content (AvgIpc) is 2.30. The summed E-state index contributed by atoms with van der Waals surface area (Å²) in [6, 6.07) is 5.53. The number of carbonyl (C=O) groups is 1. The number of hydrogen-bond donors (Lipinski definition) is 2. The van der Waals surface area contributed by atoms with Gasteiger partial charge in [0.2, 0.25) is 0 Å². The van der Waals surface area contributed by atoms with Crippen LogP contribution in [0.15, 0.2) is 18.2 Å².